The first kappa shape index (κ1) is 30.7. The van der Waals surface area contributed by atoms with Gasteiger partial charge >= 0.3 is 6.09 Å². The highest BCUT2D eigenvalue weighted by atomic mass is 35.5. The third-order valence-electron chi connectivity index (χ3n) is 6.10. The Labute approximate surface area is 230 Å². The third-order valence-corrected chi connectivity index (χ3v) is 6.41. The molecule has 38 heavy (non-hydrogen) atoms. The van der Waals surface area contributed by atoms with E-state index in [0.29, 0.717) is 22.7 Å². The first-order chi connectivity index (χ1) is 17.8. The van der Waals surface area contributed by atoms with Gasteiger partial charge in [-0.3, -0.25) is 9.59 Å². The lowest BCUT2D eigenvalue weighted by molar-refractivity contribution is -0.141. The molecule has 0 saturated heterocycles. The summed E-state index contributed by atoms with van der Waals surface area (Å²) in [6, 6.07) is 12.2. The molecule has 2 N–H and O–H groups in total. The van der Waals surface area contributed by atoms with Crippen LogP contribution in [0.2, 0.25) is 5.02 Å². The number of nitrogens with one attached hydrogen (secondary N) is 2. The number of alkyl carbamates (subject to hydrolysis) is 1. The van der Waals surface area contributed by atoms with Gasteiger partial charge in [0.2, 0.25) is 5.91 Å². The molecule has 3 unspecified atom stereocenters. The van der Waals surface area contributed by atoms with E-state index in [1.54, 1.807) is 45.0 Å². The van der Waals surface area contributed by atoms with Gasteiger partial charge in [-0.25, -0.2) is 4.79 Å². The standard InChI is InChI=1S/C29H37ClN4O4/c1-8-19(3)24(33-28(37)38-29(5,6)7)27(36)34(17-16-31)25(21-14-12-18(2)13-15-21)26(35)32-23-20(4)10-9-11-22(23)30/h9-15,19,24-25H,8,17H2,1-7H3,(H,32,35)(H,33,37). The summed E-state index contributed by atoms with van der Waals surface area (Å²) < 4.78 is 5.38. The number of hydrogen-bond acceptors (Lipinski definition) is 5. The third kappa shape index (κ3) is 8.22. The predicted molar refractivity (Wildman–Crippen MR) is 149 cm³/mol. The van der Waals surface area contributed by atoms with E-state index >= 15 is 0 Å². The van der Waals surface area contributed by atoms with Crippen LogP contribution in [0, 0.1) is 31.1 Å². The SMILES string of the molecule is CCC(C)C(NC(=O)OC(C)(C)C)C(=O)N(CC#N)C(C(=O)Nc1c(C)cccc1Cl)c1ccc(C)cc1. The monoisotopic (exact) mass is 540 g/mol. The molecule has 8 nitrogen and oxygen atoms in total. The molecule has 9 heteroatoms. The summed E-state index contributed by atoms with van der Waals surface area (Å²) in [6.07, 6.45) is -0.191. The van der Waals surface area contributed by atoms with Crippen LogP contribution in [0.25, 0.3) is 0 Å². The van der Waals surface area contributed by atoms with Crippen molar-refractivity contribution in [3.8, 4) is 6.07 Å². The quantitative estimate of drug-likeness (QED) is 0.383. The van der Waals surface area contributed by atoms with Crippen LogP contribution in [0.15, 0.2) is 42.5 Å². The van der Waals surface area contributed by atoms with Gasteiger partial charge < -0.3 is 20.3 Å². The van der Waals surface area contributed by atoms with E-state index in [-0.39, 0.29) is 12.5 Å². The Morgan fingerprint density at radius 2 is 1.74 bits per heavy atom. The van der Waals surface area contributed by atoms with Crippen molar-refractivity contribution in [1.29, 1.82) is 5.26 Å². The summed E-state index contributed by atoms with van der Waals surface area (Å²) in [5.41, 5.74) is 1.89. The number of anilines is 1. The largest absolute Gasteiger partial charge is 0.444 e. The molecule has 0 aliphatic rings. The van der Waals surface area contributed by atoms with Gasteiger partial charge in [0.1, 0.15) is 24.2 Å². The highest BCUT2D eigenvalue weighted by molar-refractivity contribution is 6.34. The maximum Gasteiger partial charge on any atom is 0.408 e. The number of ether oxygens (including phenoxy) is 1. The Morgan fingerprint density at radius 1 is 1.11 bits per heavy atom. The first-order valence-corrected chi connectivity index (χ1v) is 13.0. The van der Waals surface area contributed by atoms with Crippen molar-refractivity contribution < 1.29 is 19.1 Å². The number of amides is 3. The van der Waals surface area contributed by atoms with Gasteiger partial charge in [-0.05, 0) is 57.7 Å². The fourth-order valence-electron chi connectivity index (χ4n) is 3.87. The van der Waals surface area contributed by atoms with E-state index in [0.717, 1.165) is 11.1 Å². The molecule has 204 valence electrons. The number of halogens is 1. The van der Waals surface area contributed by atoms with Gasteiger partial charge in [-0.15, -0.1) is 0 Å². The van der Waals surface area contributed by atoms with E-state index in [1.165, 1.54) is 4.90 Å². The van der Waals surface area contributed by atoms with Crippen LogP contribution in [0.4, 0.5) is 10.5 Å². The Balaban J connectivity index is 2.56. The van der Waals surface area contributed by atoms with E-state index in [9.17, 15) is 19.6 Å². The summed E-state index contributed by atoms with van der Waals surface area (Å²) in [6.45, 7) is 12.2. The Kier molecular flexibility index (Phi) is 10.7. The number of para-hydroxylation sites is 1. The summed E-state index contributed by atoms with van der Waals surface area (Å²) in [5, 5.41) is 15.6. The van der Waals surface area contributed by atoms with Crippen LogP contribution in [-0.2, 0) is 14.3 Å². The smallest absolute Gasteiger partial charge is 0.408 e. The molecular formula is C29H37ClN4O4. The average Bonchev–Trinajstić information content (AvgIpc) is 2.83. The van der Waals surface area contributed by atoms with Crippen molar-refractivity contribution in [1.82, 2.24) is 10.2 Å². The van der Waals surface area contributed by atoms with E-state index < -0.39 is 35.6 Å². The van der Waals surface area contributed by atoms with Crippen LogP contribution in [0.1, 0.15) is 63.8 Å². The summed E-state index contributed by atoms with van der Waals surface area (Å²) >= 11 is 6.36. The summed E-state index contributed by atoms with van der Waals surface area (Å²) in [7, 11) is 0. The number of aryl methyl sites for hydroxylation is 2. The number of nitrogens with zero attached hydrogens (tertiary/aromatic N) is 2. The van der Waals surface area contributed by atoms with E-state index in [4.69, 9.17) is 16.3 Å². The van der Waals surface area contributed by atoms with Crippen LogP contribution in [0.3, 0.4) is 0 Å². The molecule has 0 saturated carbocycles. The zero-order valence-corrected chi connectivity index (χ0v) is 23.8. The minimum absolute atomic E-state index is 0.302. The number of hydrogen-bond donors (Lipinski definition) is 2. The molecule has 0 aromatic heterocycles. The molecule has 0 fully saturated rings. The van der Waals surface area contributed by atoms with Gasteiger partial charge in [0.05, 0.1) is 16.8 Å². The molecular weight excluding hydrogens is 504 g/mol. The maximum atomic E-state index is 14.0. The number of rotatable bonds is 9. The second-order valence-electron chi connectivity index (χ2n) is 10.4. The molecule has 0 radical (unpaired) electrons. The maximum absolute atomic E-state index is 14.0. The molecule has 0 heterocycles. The van der Waals surface area contributed by atoms with Gasteiger partial charge in [0.15, 0.2) is 0 Å². The Morgan fingerprint density at radius 3 is 2.26 bits per heavy atom. The average molecular weight is 541 g/mol. The molecule has 3 atom stereocenters. The lowest BCUT2D eigenvalue weighted by Crippen LogP contribution is -2.54. The summed E-state index contributed by atoms with van der Waals surface area (Å²) in [5.74, 6) is -1.40. The van der Waals surface area contributed by atoms with Gasteiger partial charge in [0.25, 0.3) is 5.91 Å². The fourth-order valence-corrected chi connectivity index (χ4v) is 4.14. The van der Waals surface area contributed by atoms with Crippen molar-refractivity contribution in [3.05, 3.63) is 64.2 Å². The van der Waals surface area contributed by atoms with Crippen molar-refractivity contribution in [2.24, 2.45) is 5.92 Å². The van der Waals surface area contributed by atoms with Gasteiger partial charge in [-0.2, -0.15) is 5.26 Å². The van der Waals surface area contributed by atoms with Crippen LogP contribution < -0.4 is 10.6 Å². The van der Waals surface area contributed by atoms with Crippen molar-refractivity contribution in [2.45, 2.75) is 72.6 Å². The molecule has 2 rings (SSSR count). The van der Waals surface area contributed by atoms with Gasteiger partial charge in [0, 0.05) is 0 Å². The van der Waals surface area contributed by atoms with Crippen LogP contribution >= 0.6 is 11.6 Å². The molecule has 0 spiro atoms. The summed E-state index contributed by atoms with van der Waals surface area (Å²) in [4.78, 5) is 41.6. The van der Waals surface area contributed by atoms with E-state index in [2.05, 4.69) is 10.6 Å². The number of nitriles is 1. The van der Waals surface area contributed by atoms with Crippen molar-refractivity contribution >= 4 is 35.2 Å². The zero-order chi connectivity index (χ0) is 28.6. The Hall–Kier alpha value is -3.57. The molecule has 0 aliphatic heterocycles. The molecule has 2 aromatic carbocycles. The second kappa shape index (κ2) is 13.3. The number of carbonyl (C=O) groups excluding carboxylic acids is 3. The fraction of sp³-hybridized carbons (Fsp3) is 0.448. The predicted octanol–water partition coefficient (Wildman–Crippen LogP) is 5.93. The molecule has 2 aromatic rings. The second-order valence-corrected chi connectivity index (χ2v) is 10.8. The first-order valence-electron chi connectivity index (χ1n) is 12.6. The van der Waals surface area contributed by atoms with Crippen LogP contribution in [0.5, 0.6) is 0 Å². The van der Waals surface area contributed by atoms with Gasteiger partial charge in [-0.1, -0.05) is 73.8 Å². The molecule has 0 aliphatic carbocycles. The zero-order valence-electron chi connectivity index (χ0n) is 23.1. The van der Waals surface area contributed by atoms with E-state index in [1.807, 2.05) is 52.0 Å². The van der Waals surface area contributed by atoms with Crippen molar-refractivity contribution in [3.63, 3.8) is 0 Å². The lowest BCUT2D eigenvalue weighted by atomic mass is 9.95. The minimum atomic E-state index is -1.16. The van der Waals surface area contributed by atoms with Crippen molar-refractivity contribution in [2.75, 3.05) is 11.9 Å². The van der Waals surface area contributed by atoms with Crippen LogP contribution in [-0.4, -0.2) is 41.0 Å². The highest BCUT2D eigenvalue weighted by Crippen LogP contribution is 2.30. The minimum Gasteiger partial charge on any atom is -0.444 e. The normalized spacial score (nSPS) is 13.4. The Bertz CT molecular complexity index is 1160. The topological polar surface area (TPSA) is 112 Å². The number of carbonyl (C=O) groups is 3. The lowest BCUT2D eigenvalue weighted by Gasteiger charge is -2.34. The molecule has 0 bridgehead atoms. The number of benzene rings is 2. The highest BCUT2D eigenvalue weighted by Gasteiger charge is 2.38. The molecule has 3 amide bonds.